The molecule has 0 radical (unpaired) electrons. The van der Waals surface area contributed by atoms with E-state index in [1.807, 2.05) is 18.2 Å². The number of anilines is 1. The zero-order chi connectivity index (χ0) is 25.3. The van der Waals surface area contributed by atoms with E-state index in [2.05, 4.69) is 0 Å². The molecule has 0 aliphatic carbocycles. The fourth-order valence-corrected chi connectivity index (χ4v) is 7.14. The first-order valence-corrected chi connectivity index (χ1v) is 14.2. The van der Waals surface area contributed by atoms with Crippen molar-refractivity contribution in [3.05, 3.63) is 48.3 Å². The van der Waals surface area contributed by atoms with E-state index in [-0.39, 0.29) is 35.9 Å². The molecule has 2 fully saturated rings. The Morgan fingerprint density at radius 2 is 1.94 bits per heavy atom. The van der Waals surface area contributed by atoms with Crippen molar-refractivity contribution >= 4 is 42.6 Å². The van der Waals surface area contributed by atoms with Gasteiger partial charge in [0, 0.05) is 31.7 Å². The molecule has 3 heterocycles. The Bertz CT molecular complexity index is 1330. The van der Waals surface area contributed by atoms with Crippen LogP contribution in [0.2, 0.25) is 0 Å². The van der Waals surface area contributed by atoms with E-state index in [1.54, 1.807) is 12.0 Å². The molecule has 5 rings (SSSR count). The van der Waals surface area contributed by atoms with Gasteiger partial charge < -0.3 is 9.47 Å². The second-order valence-corrected chi connectivity index (χ2v) is 12.0. The summed E-state index contributed by atoms with van der Waals surface area (Å²) in [4.78, 5) is 20.3. The quantitative estimate of drug-likeness (QED) is 0.455. The fourth-order valence-electron chi connectivity index (χ4n) is 4.71. The number of hydrogen-bond acceptors (Lipinski definition) is 7. The third-order valence-corrected chi connectivity index (χ3v) is 9.72. The number of rotatable bonds is 7. The van der Waals surface area contributed by atoms with Crippen LogP contribution in [0, 0.1) is 11.7 Å². The molecule has 2 aliphatic rings. The lowest BCUT2D eigenvalue weighted by atomic mass is 9.96. The van der Waals surface area contributed by atoms with Crippen LogP contribution in [0.3, 0.4) is 0 Å². The summed E-state index contributed by atoms with van der Waals surface area (Å²) in [5, 5.41) is 0.611. The number of carbonyl (C=O) groups is 1. The molecule has 2 aromatic carbocycles. The first-order chi connectivity index (χ1) is 17.3. The van der Waals surface area contributed by atoms with Gasteiger partial charge in [-0.1, -0.05) is 11.3 Å². The number of ether oxygens (including phenoxy) is 2. The van der Waals surface area contributed by atoms with Crippen molar-refractivity contribution in [3.63, 3.8) is 0 Å². The van der Waals surface area contributed by atoms with E-state index >= 15 is 0 Å². The average Bonchev–Trinajstić information content (AvgIpc) is 3.56. The topological polar surface area (TPSA) is 89.0 Å². The molecule has 2 aliphatic heterocycles. The molecule has 0 saturated carbocycles. The molecule has 0 spiro atoms. The Balaban J connectivity index is 1.34. The van der Waals surface area contributed by atoms with Crippen molar-refractivity contribution in [2.24, 2.45) is 5.92 Å². The van der Waals surface area contributed by atoms with Gasteiger partial charge in [-0.15, -0.1) is 0 Å². The van der Waals surface area contributed by atoms with Crippen molar-refractivity contribution in [1.29, 1.82) is 0 Å². The first-order valence-electron chi connectivity index (χ1n) is 12.0. The van der Waals surface area contributed by atoms with Gasteiger partial charge in [-0.3, -0.25) is 9.69 Å². The second-order valence-electron chi connectivity index (χ2n) is 9.05. The van der Waals surface area contributed by atoms with Crippen LogP contribution in [-0.4, -0.2) is 63.1 Å². The Morgan fingerprint density at radius 1 is 1.19 bits per heavy atom. The van der Waals surface area contributed by atoms with Gasteiger partial charge in [-0.05, 0) is 62.1 Å². The molecule has 1 amide bonds. The number of benzene rings is 2. The summed E-state index contributed by atoms with van der Waals surface area (Å²) >= 11 is 1.45. The van der Waals surface area contributed by atoms with Crippen LogP contribution in [0.1, 0.15) is 25.7 Å². The number of nitrogens with zero attached hydrogens (tertiary/aromatic N) is 3. The van der Waals surface area contributed by atoms with Crippen molar-refractivity contribution in [2.75, 3.05) is 38.3 Å². The molecule has 192 valence electrons. The van der Waals surface area contributed by atoms with Crippen LogP contribution in [0.5, 0.6) is 5.75 Å². The number of methoxy groups -OCH3 is 1. The van der Waals surface area contributed by atoms with Crippen LogP contribution in [0.25, 0.3) is 10.2 Å². The summed E-state index contributed by atoms with van der Waals surface area (Å²) < 4.78 is 52.7. The third-order valence-electron chi connectivity index (χ3n) is 6.75. The average molecular weight is 534 g/mol. The maximum Gasteiger partial charge on any atom is 0.243 e. The lowest BCUT2D eigenvalue weighted by Gasteiger charge is -2.33. The summed E-state index contributed by atoms with van der Waals surface area (Å²) in [5.74, 6) is -0.174. The van der Waals surface area contributed by atoms with Gasteiger partial charge in [0.25, 0.3) is 0 Å². The van der Waals surface area contributed by atoms with Gasteiger partial charge in [0.2, 0.25) is 15.9 Å². The summed E-state index contributed by atoms with van der Waals surface area (Å²) in [7, 11) is -2.14. The predicted octanol–water partition coefficient (Wildman–Crippen LogP) is 4.06. The zero-order valence-corrected chi connectivity index (χ0v) is 21.6. The molecule has 1 unspecified atom stereocenters. The van der Waals surface area contributed by atoms with Crippen LogP contribution < -0.4 is 9.64 Å². The highest BCUT2D eigenvalue weighted by Crippen LogP contribution is 2.34. The van der Waals surface area contributed by atoms with Crippen LogP contribution in [0.4, 0.5) is 9.52 Å². The van der Waals surface area contributed by atoms with Crippen LogP contribution in [-0.2, 0) is 19.6 Å². The lowest BCUT2D eigenvalue weighted by molar-refractivity contribution is -0.123. The molecule has 36 heavy (non-hydrogen) atoms. The van der Waals surface area contributed by atoms with Crippen LogP contribution >= 0.6 is 11.3 Å². The minimum Gasteiger partial charge on any atom is -0.497 e. The van der Waals surface area contributed by atoms with Crippen molar-refractivity contribution in [2.45, 2.75) is 36.7 Å². The molecule has 0 N–H and O–H groups in total. The van der Waals surface area contributed by atoms with E-state index in [9.17, 15) is 17.6 Å². The molecular formula is C25H28FN3O5S2. The highest BCUT2D eigenvalue weighted by atomic mass is 32.2. The monoisotopic (exact) mass is 533 g/mol. The zero-order valence-electron chi connectivity index (χ0n) is 19.9. The number of thiazole rings is 1. The fraction of sp³-hybridized carbons (Fsp3) is 0.440. The van der Waals surface area contributed by atoms with E-state index in [0.717, 1.165) is 35.2 Å². The van der Waals surface area contributed by atoms with Crippen molar-refractivity contribution in [1.82, 2.24) is 9.29 Å². The SMILES string of the molecule is COc1ccc2sc(N(CC3CCCO3)C(=O)C3CCN(S(=O)(=O)c4ccc(F)cc4)CC3)nc2c1. The summed E-state index contributed by atoms with van der Waals surface area (Å²) in [6, 6.07) is 10.5. The highest BCUT2D eigenvalue weighted by Gasteiger charge is 2.36. The molecule has 2 saturated heterocycles. The Kier molecular flexibility index (Phi) is 7.25. The van der Waals surface area contributed by atoms with Gasteiger partial charge in [-0.25, -0.2) is 17.8 Å². The Morgan fingerprint density at radius 3 is 2.61 bits per heavy atom. The molecule has 8 nitrogen and oxygen atoms in total. The molecule has 11 heteroatoms. The van der Waals surface area contributed by atoms with Crippen molar-refractivity contribution in [3.8, 4) is 5.75 Å². The van der Waals surface area contributed by atoms with Crippen LogP contribution in [0.15, 0.2) is 47.4 Å². The van der Waals surface area contributed by atoms with E-state index in [0.29, 0.717) is 36.9 Å². The van der Waals surface area contributed by atoms with Gasteiger partial charge in [-0.2, -0.15) is 4.31 Å². The smallest absolute Gasteiger partial charge is 0.243 e. The number of hydrogen-bond donors (Lipinski definition) is 0. The molecular weight excluding hydrogens is 505 g/mol. The largest absolute Gasteiger partial charge is 0.497 e. The van der Waals surface area contributed by atoms with Crippen molar-refractivity contribution < 1.29 is 27.1 Å². The first kappa shape index (κ1) is 25.1. The van der Waals surface area contributed by atoms with E-state index < -0.39 is 15.8 Å². The van der Waals surface area contributed by atoms with E-state index in [1.165, 1.54) is 27.8 Å². The lowest BCUT2D eigenvalue weighted by Crippen LogP contribution is -2.46. The molecule has 0 bridgehead atoms. The number of sulfonamides is 1. The third kappa shape index (κ3) is 5.10. The predicted molar refractivity (Wildman–Crippen MR) is 135 cm³/mol. The minimum absolute atomic E-state index is 0.0468. The normalized spacial score (nSPS) is 19.6. The number of piperidine rings is 1. The highest BCUT2D eigenvalue weighted by molar-refractivity contribution is 7.89. The summed E-state index contributed by atoms with van der Waals surface area (Å²) in [6.45, 7) is 1.55. The number of aromatic nitrogens is 1. The number of fused-ring (bicyclic) bond motifs is 1. The van der Waals surface area contributed by atoms with Gasteiger partial charge >= 0.3 is 0 Å². The molecule has 1 aromatic heterocycles. The maximum absolute atomic E-state index is 13.8. The summed E-state index contributed by atoms with van der Waals surface area (Å²) in [5.41, 5.74) is 0.764. The van der Waals surface area contributed by atoms with Gasteiger partial charge in [0.1, 0.15) is 11.6 Å². The molecule has 3 aromatic rings. The minimum atomic E-state index is -3.74. The number of amides is 1. The Labute approximate surface area is 213 Å². The standard InChI is InChI=1S/C25H28FN3O5S2/c1-33-19-6-9-23-22(15-19)27-25(35-23)29(16-20-3-2-14-34-20)24(30)17-10-12-28(13-11-17)36(31,32)21-7-4-18(26)5-8-21/h4-9,15,17,20H,2-3,10-14,16H2,1H3. The second kappa shape index (κ2) is 10.4. The van der Waals surface area contributed by atoms with Gasteiger partial charge in [0.05, 0.1) is 34.9 Å². The maximum atomic E-state index is 13.8. The van der Waals surface area contributed by atoms with E-state index in [4.69, 9.17) is 14.5 Å². The summed E-state index contributed by atoms with van der Waals surface area (Å²) in [6.07, 6.45) is 2.61. The number of carbonyl (C=O) groups excluding carboxylic acids is 1. The van der Waals surface area contributed by atoms with Gasteiger partial charge in [0.15, 0.2) is 5.13 Å². The molecule has 1 atom stereocenters. The number of halogens is 1. The Hall–Kier alpha value is -2.60.